The first-order valence-corrected chi connectivity index (χ1v) is 9.75. The van der Waals surface area contributed by atoms with E-state index in [0.717, 1.165) is 11.4 Å². The summed E-state index contributed by atoms with van der Waals surface area (Å²) in [6, 6.07) is 0. The van der Waals surface area contributed by atoms with Gasteiger partial charge in [-0.25, -0.2) is 9.67 Å². The minimum atomic E-state index is -1.33. The molecule has 0 radical (unpaired) electrons. The average Bonchev–Trinajstić information content (AvgIpc) is 3.40. The van der Waals surface area contributed by atoms with Crippen molar-refractivity contribution in [3.63, 3.8) is 0 Å². The van der Waals surface area contributed by atoms with Crippen molar-refractivity contribution in [2.45, 2.75) is 37.3 Å². The number of ether oxygens (including phenoxy) is 4. The van der Waals surface area contributed by atoms with E-state index in [1.165, 1.54) is 14.2 Å². The number of aromatic nitrogens is 5. The van der Waals surface area contributed by atoms with E-state index in [1.54, 1.807) is 23.4 Å². The molecule has 1 aliphatic heterocycles. The number of carbonyl (C=O) groups is 1. The molecule has 3 N–H and O–H groups in total. The number of rotatable bonds is 10. The topological polar surface area (TPSA) is 155 Å². The summed E-state index contributed by atoms with van der Waals surface area (Å²) in [4.78, 5) is 16.5. The second-order valence-electron chi connectivity index (χ2n) is 6.98. The van der Waals surface area contributed by atoms with Crippen LogP contribution in [0.15, 0.2) is 18.7 Å². The summed E-state index contributed by atoms with van der Waals surface area (Å²) in [6.07, 6.45) is -0.857. The van der Waals surface area contributed by atoms with Gasteiger partial charge < -0.3 is 39.0 Å². The fourth-order valence-corrected chi connectivity index (χ4v) is 3.33. The Morgan fingerprint density at radius 1 is 1.19 bits per heavy atom. The zero-order chi connectivity index (χ0) is 22.4. The fraction of sp³-hybridized carbons (Fsp3) is 0.667. The summed E-state index contributed by atoms with van der Waals surface area (Å²) in [6.45, 7) is 1.31. The number of nitrogens with one attached hydrogen (secondary N) is 1. The van der Waals surface area contributed by atoms with E-state index in [-0.39, 0.29) is 13.2 Å². The predicted molar refractivity (Wildman–Crippen MR) is 105 cm³/mol. The molecule has 3 heterocycles. The Labute approximate surface area is 178 Å². The number of aliphatic hydroxyl groups is 2. The van der Waals surface area contributed by atoms with Gasteiger partial charge >= 0.3 is 0 Å². The number of hydrogen-bond donors (Lipinski definition) is 3. The molecule has 2 aromatic heterocycles. The maximum atomic E-state index is 12.5. The first-order valence-electron chi connectivity index (χ1n) is 9.75. The number of hydrogen-bond acceptors (Lipinski definition) is 10. The monoisotopic (exact) mass is 440 g/mol. The van der Waals surface area contributed by atoms with Crippen molar-refractivity contribution in [1.29, 1.82) is 0 Å². The van der Waals surface area contributed by atoms with Gasteiger partial charge in [0, 0.05) is 27.8 Å². The summed E-state index contributed by atoms with van der Waals surface area (Å²) in [5.41, 5.74) is 1.71. The normalized spacial score (nSPS) is 26.2. The molecule has 2 aromatic rings. The van der Waals surface area contributed by atoms with Gasteiger partial charge in [0.2, 0.25) is 0 Å². The van der Waals surface area contributed by atoms with Crippen molar-refractivity contribution < 1.29 is 34.0 Å². The SMILES string of the molecule is CO[C@@H]1OC(C(=O)NCCOCCn2nncc2-c2cncn2C)[C@@H](OC)[C@H](O)[C@@H]1O. The van der Waals surface area contributed by atoms with Gasteiger partial charge in [-0.3, -0.25) is 4.79 Å². The Morgan fingerprint density at radius 2 is 2.00 bits per heavy atom. The van der Waals surface area contributed by atoms with Crippen molar-refractivity contribution in [1.82, 2.24) is 29.9 Å². The van der Waals surface area contributed by atoms with Crippen LogP contribution in [0.4, 0.5) is 0 Å². The van der Waals surface area contributed by atoms with Crippen LogP contribution in [-0.2, 0) is 37.3 Å². The molecule has 172 valence electrons. The lowest BCUT2D eigenvalue weighted by Gasteiger charge is -2.40. The highest BCUT2D eigenvalue weighted by Crippen LogP contribution is 2.23. The number of nitrogens with zero attached hydrogens (tertiary/aromatic N) is 5. The molecule has 0 spiro atoms. The van der Waals surface area contributed by atoms with E-state index in [2.05, 4.69) is 20.6 Å². The molecule has 13 nitrogen and oxygen atoms in total. The highest BCUT2D eigenvalue weighted by molar-refractivity contribution is 5.81. The highest BCUT2D eigenvalue weighted by Gasteiger charge is 2.47. The van der Waals surface area contributed by atoms with Crippen LogP contribution in [0.1, 0.15) is 0 Å². The van der Waals surface area contributed by atoms with Crippen LogP contribution in [0.5, 0.6) is 0 Å². The van der Waals surface area contributed by atoms with Gasteiger partial charge in [0.25, 0.3) is 5.91 Å². The molecule has 13 heteroatoms. The van der Waals surface area contributed by atoms with Crippen LogP contribution in [-0.4, -0.2) is 105 Å². The van der Waals surface area contributed by atoms with E-state index in [9.17, 15) is 15.0 Å². The first-order chi connectivity index (χ1) is 15.0. The van der Waals surface area contributed by atoms with Crippen LogP contribution in [0.2, 0.25) is 0 Å². The maximum Gasteiger partial charge on any atom is 0.252 e. The molecule has 1 amide bonds. The van der Waals surface area contributed by atoms with Gasteiger partial charge in [0.15, 0.2) is 12.4 Å². The molecular weight excluding hydrogens is 412 g/mol. The molecule has 1 saturated heterocycles. The molecule has 0 aliphatic carbocycles. The lowest BCUT2D eigenvalue weighted by Crippen LogP contribution is -2.62. The fourth-order valence-electron chi connectivity index (χ4n) is 3.33. The number of aliphatic hydroxyl groups excluding tert-OH is 2. The molecular formula is C18H28N6O7. The molecule has 0 aromatic carbocycles. The van der Waals surface area contributed by atoms with Crippen LogP contribution in [0.25, 0.3) is 11.4 Å². The molecule has 0 bridgehead atoms. The van der Waals surface area contributed by atoms with Crippen LogP contribution < -0.4 is 5.32 Å². The summed E-state index contributed by atoms with van der Waals surface area (Å²) in [7, 11) is 4.52. The number of aryl methyl sites for hydroxylation is 1. The second kappa shape index (κ2) is 10.7. The van der Waals surface area contributed by atoms with Gasteiger partial charge in [-0.15, -0.1) is 5.10 Å². The number of amides is 1. The van der Waals surface area contributed by atoms with Crippen molar-refractivity contribution in [3.05, 3.63) is 18.7 Å². The predicted octanol–water partition coefficient (Wildman–Crippen LogP) is -2.08. The minimum Gasteiger partial charge on any atom is -0.387 e. The Morgan fingerprint density at radius 3 is 2.68 bits per heavy atom. The quantitative estimate of drug-likeness (QED) is 0.351. The van der Waals surface area contributed by atoms with E-state index < -0.39 is 36.6 Å². The summed E-state index contributed by atoms with van der Waals surface area (Å²) < 4.78 is 24.7. The van der Waals surface area contributed by atoms with Gasteiger partial charge in [0.05, 0.1) is 44.2 Å². The summed E-state index contributed by atoms with van der Waals surface area (Å²) in [5, 5.41) is 30.7. The third-order valence-electron chi connectivity index (χ3n) is 5.00. The van der Waals surface area contributed by atoms with Crippen molar-refractivity contribution in [3.8, 4) is 11.4 Å². The molecule has 0 saturated carbocycles. The van der Waals surface area contributed by atoms with Gasteiger partial charge in [-0.2, -0.15) is 0 Å². The Bertz CT molecular complexity index is 843. The van der Waals surface area contributed by atoms with Crippen LogP contribution >= 0.6 is 0 Å². The minimum absolute atomic E-state index is 0.220. The lowest BCUT2D eigenvalue weighted by molar-refractivity contribution is -0.287. The number of carbonyl (C=O) groups excluding carboxylic acids is 1. The lowest BCUT2D eigenvalue weighted by atomic mass is 9.98. The van der Waals surface area contributed by atoms with Gasteiger partial charge in [0.1, 0.15) is 24.0 Å². The van der Waals surface area contributed by atoms with Crippen molar-refractivity contribution >= 4 is 5.91 Å². The van der Waals surface area contributed by atoms with Crippen molar-refractivity contribution in [2.75, 3.05) is 34.0 Å². The largest absolute Gasteiger partial charge is 0.387 e. The Balaban J connectivity index is 1.42. The second-order valence-corrected chi connectivity index (χ2v) is 6.98. The molecule has 3 rings (SSSR count). The molecule has 31 heavy (non-hydrogen) atoms. The molecule has 5 atom stereocenters. The number of methoxy groups -OCH3 is 2. The van der Waals surface area contributed by atoms with E-state index >= 15 is 0 Å². The first kappa shape index (κ1) is 23.2. The van der Waals surface area contributed by atoms with Crippen LogP contribution in [0.3, 0.4) is 0 Å². The van der Waals surface area contributed by atoms with E-state index in [4.69, 9.17) is 18.9 Å². The standard InChI is InChI=1S/C18H28N6O7/c1-23-10-19-8-11(23)12-9-21-22-24(12)5-7-30-6-4-20-17(27)16-15(28-2)13(25)14(26)18(29-3)31-16/h8-10,13-16,18,25-26H,4-7H2,1-3H3,(H,20,27)/t13-,14+,15+,16?,18-/m1/s1. The Kier molecular flexibility index (Phi) is 8.06. The smallest absolute Gasteiger partial charge is 0.252 e. The Hall–Kier alpha value is -2.42. The average molecular weight is 440 g/mol. The highest BCUT2D eigenvalue weighted by atomic mass is 16.7. The third kappa shape index (κ3) is 5.26. The van der Waals surface area contributed by atoms with Gasteiger partial charge in [-0.1, -0.05) is 5.21 Å². The third-order valence-corrected chi connectivity index (χ3v) is 5.00. The van der Waals surface area contributed by atoms with Gasteiger partial charge in [-0.05, 0) is 0 Å². The molecule has 1 fully saturated rings. The van der Waals surface area contributed by atoms with E-state index in [0.29, 0.717) is 13.2 Å². The van der Waals surface area contributed by atoms with Crippen LogP contribution in [0, 0.1) is 0 Å². The van der Waals surface area contributed by atoms with Crippen molar-refractivity contribution in [2.24, 2.45) is 7.05 Å². The molecule has 1 aliphatic rings. The number of imidazole rings is 1. The summed E-state index contributed by atoms with van der Waals surface area (Å²) >= 11 is 0. The zero-order valence-electron chi connectivity index (χ0n) is 17.6. The van der Waals surface area contributed by atoms with E-state index in [1.807, 2.05) is 11.6 Å². The zero-order valence-corrected chi connectivity index (χ0v) is 17.6. The molecule has 1 unspecified atom stereocenters. The summed E-state index contributed by atoms with van der Waals surface area (Å²) in [5.74, 6) is -0.502. The maximum absolute atomic E-state index is 12.5.